The fourth-order valence-corrected chi connectivity index (χ4v) is 2.98. The second-order valence-corrected chi connectivity index (χ2v) is 6.55. The van der Waals surface area contributed by atoms with Gasteiger partial charge < -0.3 is 15.5 Å². The van der Waals surface area contributed by atoms with Crippen molar-refractivity contribution >= 4 is 23.1 Å². The molecule has 1 unspecified atom stereocenters. The minimum Gasteiger partial charge on any atom is -0.392 e. The molecule has 0 aromatic heterocycles. The molecule has 0 aromatic carbocycles. The number of carbonyl (C=O) groups is 1. The maximum Gasteiger partial charge on any atom is 0.236 e. The predicted octanol–water partition coefficient (Wildman–Crippen LogP) is -0.947. The molecule has 21 heavy (non-hydrogen) atoms. The van der Waals surface area contributed by atoms with Crippen molar-refractivity contribution in [1.82, 2.24) is 19.6 Å². The van der Waals surface area contributed by atoms with Crippen molar-refractivity contribution in [3.05, 3.63) is 0 Å². The summed E-state index contributed by atoms with van der Waals surface area (Å²) in [4.78, 5) is 21.6. The standard InChI is InChI=1S/C14H27N5OS/c1-12(14(15)21)18-9-5-17(6-10-18)11-13(20)19-7-3-16(2)4-8-19/h12H,3-11H2,1-2H3,(H2,15,21). The molecule has 0 aromatic rings. The third kappa shape index (κ3) is 4.60. The fourth-order valence-electron chi connectivity index (χ4n) is 2.84. The summed E-state index contributed by atoms with van der Waals surface area (Å²) in [6.07, 6.45) is 0. The van der Waals surface area contributed by atoms with Crippen LogP contribution in [0.25, 0.3) is 0 Å². The molecular weight excluding hydrogens is 286 g/mol. The van der Waals surface area contributed by atoms with Crippen LogP contribution < -0.4 is 5.73 Å². The summed E-state index contributed by atoms with van der Waals surface area (Å²) < 4.78 is 0. The topological polar surface area (TPSA) is 56.1 Å². The molecule has 0 aliphatic carbocycles. The van der Waals surface area contributed by atoms with Crippen LogP contribution in [0.4, 0.5) is 0 Å². The Kier molecular flexibility index (Phi) is 5.92. The zero-order valence-corrected chi connectivity index (χ0v) is 13.9. The van der Waals surface area contributed by atoms with E-state index in [1.807, 2.05) is 11.8 Å². The minimum absolute atomic E-state index is 0.149. The summed E-state index contributed by atoms with van der Waals surface area (Å²) in [5, 5.41) is 0. The van der Waals surface area contributed by atoms with Gasteiger partial charge in [-0.1, -0.05) is 12.2 Å². The van der Waals surface area contributed by atoms with Crippen molar-refractivity contribution in [3.8, 4) is 0 Å². The van der Waals surface area contributed by atoms with Crippen molar-refractivity contribution in [3.63, 3.8) is 0 Å². The number of carbonyl (C=O) groups excluding carboxylic acids is 1. The average Bonchev–Trinajstić information content (AvgIpc) is 2.47. The van der Waals surface area contributed by atoms with Crippen LogP contribution in [0.1, 0.15) is 6.92 Å². The normalized spacial score (nSPS) is 24.0. The molecule has 2 heterocycles. The van der Waals surface area contributed by atoms with E-state index in [0.717, 1.165) is 52.4 Å². The van der Waals surface area contributed by atoms with Gasteiger partial charge in [-0.15, -0.1) is 0 Å². The van der Waals surface area contributed by atoms with Crippen LogP contribution in [0.3, 0.4) is 0 Å². The van der Waals surface area contributed by atoms with Gasteiger partial charge in [-0.25, -0.2) is 0 Å². The fraction of sp³-hybridized carbons (Fsp3) is 0.857. The van der Waals surface area contributed by atoms with Crippen LogP contribution in [0.5, 0.6) is 0 Å². The first-order chi connectivity index (χ1) is 9.97. The van der Waals surface area contributed by atoms with Gasteiger partial charge in [0.15, 0.2) is 0 Å². The van der Waals surface area contributed by atoms with Crippen LogP contribution >= 0.6 is 12.2 Å². The summed E-state index contributed by atoms with van der Waals surface area (Å²) in [5.41, 5.74) is 5.70. The SMILES string of the molecule is CC(C(N)=S)N1CCN(CC(=O)N2CCN(C)CC2)CC1. The molecule has 2 rings (SSSR count). The summed E-state index contributed by atoms with van der Waals surface area (Å²) in [6, 6.07) is 0.149. The highest BCUT2D eigenvalue weighted by atomic mass is 32.1. The van der Waals surface area contributed by atoms with Crippen LogP contribution in [0.2, 0.25) is 0 Å². The lowest BCUT2D eigenvalue weighted by molar-refractivity contribution is -0.134. The molecule has 2 saturated heterocycles. The van der Waals surface area contributed by atoms with Crippen molar-refractivity contribution in [2.45, 2.75) is 13.0 Å². The number of hydrogen-bond donors (Lipinski definition) is 1. The van der Waals surface area contributed by atoms with E-state index in [0.29, 0.717) is 11.5 Å². The van der Waals surface area contributed by atoms with Crippen LogP contribution in [-0.2, 0) is 4.79 Å². The Morgan fingerprint density at radius 2 is 1.67 bits per heavy atom. The average molecular weight is 313 g/mol. The molecule has 7 heteroatoms. The highest BCUT2D eigenvalue weighted by Gasteiger charge is 2.25. The summed E-state index contributed by atoms with van der Waals surface area (Å²) in [5.74, 6) is 0.263. The minimum atomic E-state index is 0.149. The molecule has 2 aliphatic heterocycles. The van der Waals surface area contributed by atoms with E-state index in [4.69, 9.17) is 18.0 Å². The highest BCUT2D eigenvalue weighted by Crippen LogP contribution is 2.08. The Bertz CT molecular complexity index is 376. The van der Waals surface area contributed by atoms with E-state index in [2.05, 4.69) is 21.7 Å². The molecule has 2 N–H and O–H groups in total. The zero-order chi connectivity index (χ0) is 15.4. The highest BCUT2D eigenvalue weighted by molar-refractivity contribution is 7.80. The number of nitrogens with zero attached hydrogens (tertiary/aromatic N) is 4. The van der Waals surface area contributed by atoms with Crippen molar-refractivity contribution in [2.24, 2.45) is 5.73 Å². The van der Waals surface area contributed by atoms with Crippen LogP contribution in [0.15, 0.2) is 0 Å². The van der Waals surface area contributed by atoms with E-state index < -0.39 is 0 Å². The number of likely N-dealkylation sites (N-methyl/N-ethyl adjacent to an activating group) is 1. The van der Waals surface area contributed by atoms with Gasteiger partial charge in [0, 0.05) is 52.4 Å². The maximum absolute atomic E-state index is 12.3. The molecule has 120 valence electrons. The molecule has 0 spiro atoms. The van der Waals surface area contributed by atoms with Gasteiger partial charge in [-0.05, 0) is 14.0 Å². The van der Waals surface area contributed by atoms with E-state index >= 15 is 0 Å². The van der Waals surface area contributed by atoms with Crippen molar-refractivity contribution in [1.29, 1.82) is 0 Å². The Labute approximate surface area is 132 Å². The number of hydrogen-bond acceptors (Lipinski definition) is 5. The quantitative estimate of drug-likeness (QED) is 0.676. The number of nitrogens with two attached hydrogens (primary N) is 1. The van der Waals surface area contributed by atoms with Crippen LogP contribution in [0, 0.1) is 0 Å². The third-order valence-corrected chi connectivity index (χ3v) is 4.92. The zero-order valence-electron chi connectivity index (χ0n) is 13.1. The molecular formula is C14H27N5OS. The van der Waals surface area contributed by atoms with Gasteiger partial charge in [0.2, 0.25) is 5.91 Å². The number of piperazine rings is 2. The Hall–Kier alpha value is -0.760. The second-order valence-electron chi connectivity index (χ2n) is 6.07. The van der Waals surface area contributed by atoms with E-state index in [9.17, 15) is 4.79 Å². The predicted molar refractivity (Wildman–Crippen MR) is 88.3 cm³/mol. The van der Waals surface area contributed by atoms with Gasteiger partial charge in [0.25, 0.3) is 0 Å². The molecule has 0 radical (unpaired) electrons. The van der Waals surface area contributed by atoms with Gasteiger partial charge >= 0.3 is 0 Å². The first-order valence-electron chi connectivity index (χ1n) is 7.69. The van der Waals surface area contributed by atoms with Gasteiger partial charge in [-0.3, -0.25) is 14.6 Å². The van der Waals surface area contributed by atoms with Crippen molar-refractivity contribution < 1.29 is 4.79 Å². The number of rotatable bonds is 4. The first kappa shape index (κ1) is 16.6. The molecule has 2 aliphatic rings. The van der Waals surface area contributed by atoms with Crippen molar-refractivity contribution in [2.75, 3.05) is 66.0 Å². The van der Waals surface area contributed by atoms with E-state index in [1.165, 1.54) is 0 Å². The Morgan fingerprint density at radius 3 is 2.19 bits per heavy atom. The molecule has 6 nitrogen and oxygen atoms in total. The first-order valence-corrected chi connectivity index (χ1v) is 8.10. The third-order valence-electron chi connectivity index (χ3n) is 4.58. The summed E-state index contributed by atoms with van der Waals surface area (Å²) in [7, 11) is 2.10. The molecule has 0 bridgehead atoms. The molecule has 1 atom stereocenters. The van der Waals surface area contributed by atoms with E-state index in [-0.39, 0.29) is 11.9 Å². The molecule has 0 saturated carbocycles. The summed E-state index contributed by atoms with van der Waals surface area (Å²) >= 11 is 5.05. The molecule has 1 amide bonds. The lowest BCUT2D eigenvalue weighted by Gasteiger charge is -2.39. The number of thiocarbonyl (C=S) groups is 1. The van der Waals surface area contributed by atoms with E-state index in [1.54, 1.807) is 0 Å². The Morgan fingerprint density at radius 1 is 1.10 bits per heavy atom. The van der Waals surface area contributed by atoms with Gasteiger partial charge in [-0.2, -0.15) is 0 Å². The monoisotopic (exact) mass is 313 g/mol. The van der Waals surface area contributed by atoms with Gasteiger partial charge in [0.05, 0.1) is 17.6 Å². The summed E-state index contributed by atoms with van der Waals surface area (Å²) in [6.45, 7) is 9.92. The lowest BCUT2D eigenvalue weighted by Crippen LogP contribution is -2.55. The smallest absolute Gasteiger partial charge is 0.236 e. The maximum atomic E-state index is 12.3. The Balaban J connectivity index is 1.73. The second kappa shape index (κ2) is 7.49. The largest absolute Gasteiger partial charge is 0.392 e. The lowest BCUT2D eigenvalue weighted by atomic mass is 10.2. The molecule has 2 fully saturated rings. The number of amides is 1. The van der Waals surface area contributed by atoms with Crippen LogP contribution in [-0.4, -0.2) is 102 Å². The van der Waals surface area contributed by atoms with Gasteiger partial charge in [0.1, 0.15) is 0 Å².